The number of hydrogen-bond acceptors (Lipinski definition) is 2. The molecule has 0 saturated carbocycles. The zero-order valence-corrected chi connectivity index (χ0v) is 12.3. The molecule has 0 bridgehead atoms. The Kier molecular flexibility index (Phi) is 4.51. The molecular weight excluding hydrogens is 340 g/mol. The number of hydrogen-bond donors (Lipinski definition) is 1. The molecule has 23 heavy (non-hydrogen) atoms. The first kappa shape index (κ1) is 17.1. The molecule has 2 aromatic rings. The average molecular weight is 349 g/mol. The summed E-state index contributed by atoms with van der Waals surface area (Å²) in [6.07, 6.45) is -4.75. The van der Waals surface area contributed by atoms with Crippen LogP contribution in [0.1, 0.15) is 21.5 Å². The highest BCUT2D eigenvalue weighted by Crippen LogP contribution is 2.38. The third-order valence-electron chi connectivity index (χ3n) is 2.98. The number of rotatable bonds is 3. The van der Waals surface area contributed by atoms with Crippen LogP contribution < -0.4 is 4.74 Å². The van der Waals surface area contributed by atoms with Gasteiger partial charge in [-0.1, -0.05) is 17.7 Å². The molecule has 2 rings (SSSR count). The van der Waals surface area contributed by atoms with E-state index >= 15 is 0 Å². The number of carbonyl (C=O) groups is 1. The molecule has 1 N–H and O–H groups in total. The third kappa shape index (κ3) is 3.73. The van der Waals surface area contributed by atoms with Gasteiger partial charge in [-0.05, 0) is 36.8 Å². The van der Waals surface area contributed by atoms with Gasteiger partial charge >= 0.3 is 12.1 Å². The summed E-state index contributed by atoms with van der Waals surface area (Å²) in [6, 6.07) is 4.70. The van der Waals surface area contributed by atoms with E-state index in [-0.39, 0.29) is 17.4 Å². The van der Waals surface area contributed by atoms with Gasteiger partial charge in [0.1, 0.15) is 5.75 Å². The Morgan fingerprint density at radius 1 is 1.22 bits per heavy atom. The van der Waals surface area contributed by atoms with Crippen molar-refractivity contribution in [2.45, 2.75) is 13.1 Å². The molecule has 0 aliphatic heterocycles. The molecule has 0 amide bonds. The van der Waals surface area contributed by atoms with Gasteiger partial charge in [-0.2, -0.15) is 13.2 Å². The molecular formula is C15H9ClF4O3. The Morgan fingerprint density at radius 2 is 1.87 bits per heavy atom. The van der Waals surface area contributed by atoms with E-state index in [0.29, 0.717) is 11.6 Å². The van der Waals surface area contributed by atoms with Crippen molar-refractivity contribution >= 4 is 17.6 Å². The van der Waals surface area contributed by atoms with Crippen LogP contribution in [-0.4, -0.2) is 11.1 Å². The average Bonchev–Trinajstić information content (AvgIpc) is 2.43. The van der Waals surface area contributed by atoms with Crippen molar-refractivity contribution in [2.75, 3.05) is 0 Å². The summed E-state index contributed by atoms with van der Waals surface area (Å²) in [4.78, 5) is 11.0. The van der Waals surface area contributed by atoms with Crippen LogP contribution in [0.3, 0.4) is 0 Å². The highest BCUT2D eigenvalue weighted by atomic mass is 35.5. The van der Waals surface area contributed by atoms with Crippen molar-refractivity contribution in [1.29, 1.82) is 0 Å². The van der Waals surface area contributed by atoms with E-state index in [9.17, 15) is 22.4 Å². The summed E-state index contributed by atoms with van der Waals surface area (Å²) in [7, 11) is 0. The van der Waals surface area contributed by atoms with Gasteiger partial charge < -0.3 is 9.84 Å². The van der Waals surface area contributed by atoms with E-state index in [1.54, 1.807) is 6.92 Å². The maximum Gasteiger partial charge on any atom is 0.416 e. The Labute approximate surface area is 133 Å². The smallest absolute Gasteiger partial charge is 0.416 e. The molecule has 3 nitrogen and oxygen atoms in total. The fraction of sp³-hybridized carbons (Fsp3) is 0.133. The van der Waals surface area contributed by atoms with E-state index in [0.717, 1.165) is 6.07 Å². The number of carboxylic acids is 1. The fourth-order valence-corrected chi connectivity index (χ4v) is 2.08. The van der Waals surface area contributed by atoms with Crippen LogP contribution in [0.15, 0.2) is 30.3 Å². The summed E-state index contributed by atoms with van der Waals surface area (Å²) in [5.41, 5.74) is -0.878. The van der Waals surface area contributed by atoms with Gasteiger partial charge in [0.25, 0.3) is 0 Å². The Morgan fingerprint density at radius 3 is 2.39 bits per heavy atom. The highest BCUT2D eigenvalue weighted by molar-refractivity contribution is 6.32. The standard InChI is InChI=1S/C15H9ClF4O3/c1-7-2-3-9(6-10(7)14(21)22)23-13-11(16)4-8(5-12(13)17)15(18,19)20/h2-6H,1H3,(H,21,22). The zero-order chi connectivity index (χ0) is 17.4. The predicted octanol–water partition coefficient (Wildman–Crippen LogP) is 5.30. The summed E-state index contributed by atoms with van der Waals surface area (Å²) >= 11 is 5.64. The van der Waals surface area contributed by atoms with Crippen LogP contribution >= 0.6 is 11.6 Å². The highest BCUT2D eigenvalue weighted by Gasteiger charge is 2.32. The summed E-state index contributed by atoms with van der Waals surface area (Å²) in [5.74, 6) is -3.19. The second-order valence-corrected chi connectivity index (χ2v) is 5.06. The maximum atomic E-state index is 13.8. The Balaban J connectivity index is 2.42. The minimum atomic E-state index is -4.75. The SMILES string of the molecule is Cc1ccc(Oc2c(F)cc(C(F)(F)F)cc2Cl)cc1C(=O)O. The lowest BCUT2D eigenvalue weighted by molar-refractivity contribution is -0.137. The first-order valence-corrected chi connectivity index (χ1v) is 6.55. The second-order valence-electron chi connectivity index (χ2n) is 4.65. The van der Waals surface area contributed by atoms with E-state index in [1.807, 2.05) is 0 Å². The van der Waals surface area contributed by atoms with Crippen LogP contribution in [0.4, 0.5) is 17.6 Å². The normalized spacial score (nSPS) is 11.4. The minimum absolute atomic E-state index is 0.0615. The molecule has 0 fully saturated rings. The van der Waals surface area contributed by atoms with Gasteiger partial charge in [0.05, 0.1) is 16.1 Å². The molecule has 0 saturated heterocycles. The molecule has 0 aliphatic carbocycles. The number of ether oxygens (including phenoxy) is 1. The van der Waals surface area contributed by atoms with Gasteiger partial charge in [0.15, 0.2) is 11.6 Å². The van der Waals surface area contributed by atoms with Crippen molar-refractivity contribution in [3.05, 3.63) is 57.9 Å². The summed E-state index contributed by atoms with van der Waals surface area (Å²) in [6.45, 7) is 1.55. The van der Waals surface area contributed by atoms with Crippen LogP contribution in [0, 0.1) is 12.7 Å². The van der Waals surface area contributed by atoms with Crippen LogP contribution in [0.25, 0.3) is 0 Å². The number of alkyl halides is 3. The van der Waals surface area contributed by atoms with Crippen molar-refractivity contribution in [3.63, 3.8) is 0 Å². The quantitative estimate of drug-likeness (QED) is 0.766. The van der Waals surface area contributed by atoms with Crippen molar-refractivity contribution in [1.82, 2.24) is 0 Å². The third-order valence-corrected chi connectivity index (χ3v) is 3.27. The number of benzene rings is 2. The number of carboxylic acid groups (broad SMARTS) is 1. The second kappa shape index (κ2) is 6.08. The van der Waals surface area contributed by atoms with Gasteiger partial charge in [-0.15, -0.1) is 0 Å². The largest absolute Gasteiger partial charge is 0.478 e. The number of halogens is 5. The van der Waals surface area contributed by atoms with E-state index in [1.165, 1.54) is 12.1 Å². The maximum absolute atomic E-state index is 13.8. The molecule has 0 atom stereocenters. The number of aryl methyl sites for hydroxylation is 1. The molecule has 0 spiro atoms. The van der Waals surface area contributed by atoms with Crippen molar-refractivity contribution in [3.8, 4) is 11.5 Å². The zero-order valence-electron chi connectivity index (χ0n) is 11.5. The Bertz CT molecular complexity index is 749. The van der Waals surface area contributed by atoms with E-state index in [2.05, 4.69) is 0 Å². The van der Waals surface area contributed by atoms with E-state index < -0.39 is 34.3 Å². The topological polar surface area (TPSA) is 46.5 Å². The van der Waals surface area contributed by atoms with Gasteiger partial charge in [-0.3, -0.25) is 0 Å². The van der Waals surface area contributed by atoms with Crippen LogP contribution in [0.2, 0.25) is 5.02 Å². The van der Waals surface area contributed by atoms with Crippen molar-refractivity contribution in [2.24, 2.45) is 0 Å². The van der Waals surface area contributed by atoms with Crippen molar-refractivity contribution < 1.29 is 32.2 Å². The predicted molar refractivity (Wildman–Crippen MR) is 74.6 cm³/mol. The molecule has 122 valence electrons. The van der Waals surface area contributed by atoms with Crippen LogP contribution in [0.5, 0.6) is 11.5 Å². The molecule has 0 aliphatic rings. The molecule has 0 unspecified atom stereocenters. The van der Waals surface area contributed by atoms with Gasteiger partial charge in [0.2, 0.25) is 0 Å². The first-order chi connectivity index (χ1) is 10.6. The van der Waals surface area contributed by atoms with E-state index in [4.69, 9.17) is 21.4 Å². The summed E-state index contributed by atoms with van der Waals surface area (Å²) < 4.78 is 56.6. The minimum Gasteiger partial charge on any atom is -0.478 e. The lowest BCUT2D eigenvalue weighted by Gasteiger charge is -2.13. The fourth-order valence-electron chi connectivity index (χ4n) is 1.83. The first-order valence-electron chi connectivity index (χ1n) is 6.17. The monoisotopic (exact) mass is 348 g/mol. The Hall–Kier alpha value is -2.28. The van der Waals surface area contributed by atoms with Gasteiger partial charge in [-0.25, -0.2) is 9.18 Å². The molecule has 8 heteroatoms. The lowest BCUT2D eigenvalue weighted by Crippen LogP contribution is -2.06. The molecule has 0 heterocycles. The van der Waals surface area contributed by atoms with Gasteiger partial charge in [0, 0.05) is 0 Å². The lowest BCUT2D eigenvalue weighted by atomic mass is 10.1. The molecule has 0 radical (unpaired) electrons. The molecule has 2 aromatic carbocycles. The summed E-state index contributed by atoms with van der Waals surface area (Å²) in [5, 5.41) is 8.44. The van der Waals surface area contributed by atoms with Crippen LogP contribution in [-0.2, 0) is 6.18 Å². The number of aromatic carboxylic acids is 1. The molecule has 0 aromatic heterocycles.